The smallest absolute Gasteiger partial charge is 0.0346 e. The van der Waals surface area contributed by atoms with Gasteiger partial charge in [0.25, 0.3) is 0 Å². The lowest BCUT2D eigenvalue weighted by Crippen LogP contribution is -1.98. The summed E-state index contributed by atoms with van der Waals surface area (Å²) in [5.41, 5.74) is 13.4. The maximum Gasteiger partial charge on any atom is 0.0346 e. The van der Waals surface area contributed by atoms with E-state index < -0.39 is 0 Å². The largest absolute Gasteiger partial charge is 0.399 e. The van der Waals surface area contributed by atoms with Crippen LogP contribution in [0.5, 0.6) is 0 Å². The molecule has 2 aromatic carbocycles. The van der Waals surface area contributed by atoms with E-state index in [9.17, 15) is 0 Å². The predicted octanol–water partition coefficient (Wildman–Crippen LogP) is 3.78. The Labute approximate surface area is 103 Å². The number of anilines is 1. The van der Waals surface area contributed by atoms with Crippen LogP contribution in [0.4, 0.5) is 5.69 Å². The molecule has 1 nitrogen and oxygen atoms in total. The SMILES string of the molecule is Cc1ccc(C)c(Cc2cccc(N)c2C)c1. The highest BCUT2D eigenvalue weighted by molar-refractivity contribution is 5.51. The third-order valence-corrected chi connectivity index (χ3v) is 3.37. The van der Waals surface area contributed by atoms with Gasteiger partial charge in [0.15, 0.2) is 0 Å². The number of nitrogens with two attached hydrogens (primary N) is 1. The molecular weight excluding hydrogens is 206 g/mol. The Hall–Kier alpha value is -1.76. The molecule has 0 saturated heterocycles. The summed E-state index contributed by atoms with van der Waals surface area (Å²) in [6, 6.07) is 12.8. The van der Waals surface area contributed by atoms with Crippen LogP contribution in [0.15, 0.2) is 36.4 Å². The lowest BCUT2D eigenvalue weighted by Gasteiger charge is -2.11. The molecule has 0 fully saturated rings. The maximum absolute atomic E-state index is 5.94. The van der Waals surface area contributed by atoms with Crippen molar-refractivity contribution in [2.24, 2.45) is 0 Å². The van der Waals surface area contributed by atoms with E-state index in [1.165, 1.54) is 27.8 Å². The summed E-state index contributed by atoms with van der Waals surface area (Å²) in [5.74, 6) is 0. The summed E-state index contributed by atoms with van der Waals surface area (Å²) in [6.45, 7) is 6.39. The molecule has 0 aromatic heterocycles. The molecule has 2 aromatic rings. The zero-order valence-corrected chi connectivity index (χ0v) is 10.7. The van der Waals surface area contributed by atoms with Crippen LogP contribution in [-0.2, 0) is 6.42 Å². The fourth-order valence-corrected chi connectivity index (χ4v) is 2.09. The third kappa shape index (κ3) is 2.50. The fraction of sp³-hybridized carbons (Fsp3) is 0.250. The fourth-order valence-electron chi connectivity index (χ4n) is 2.09. The van der Waals surface area contributed by atoms with Gasteiger partial charge < -0.3 is 5.73 Å². The molecule has 0 spiro atoms. The Morgan fingerprint density at radius 2 is 1.71 bits per heavy atom. The Morgan fingerprint density at radius 3 is 2.47 bits per heavy atom. The van der Waals surface area contributed by atoms with Crippen LogP contribution >= 0.6 is 0 Å². The molecule has 0 aliphatic carbocycles. The zero-order chi connectivity index (χ0) is 12.4. The van der Waals surface area contributed by atoms with Crippen LogP contribution in [0.3, 0.4) is 0 Å². The van der Waals surface area contributed by atoms with Crippen molar-refractivity contribution in [2.45, 2.75) is 27.2 Å². The number of benzene rings is 2. The van der Waals surface area contributed by atoms with Crippen molar-refractivity contribution in [3.8, 4) is 0 Å². The topological polar surface area (TPSA) is 26.0 Å². The van der Waals surface area contributed by atoms with Crippen molar-refractivity contribution in [3.05, 3.63) is 64.2 Å². The lowest BCUT2D eigenvalue weighted by atomic mass is 9.95. The summed E-state index contributed by atoms with van der Waals surface area (Å²) < 4.78 is 0. The highest BCUT2D eigenvalue weighted by atomic mass is 14.6. The number of nitrogen functional groups attached to an aromatic ring is 1. The summed E-state index contributed by atoms with van der Waals surface area (Å²) >= 11 is 0. The second-order valence-corrected chi connectivity index (χ2v) is 4.74. The number of rotatable bonds is 2. The molecule has 0 aliphatic heterocycles. The van der Waals surface area contributed by atoms with Crippen molar-refractivity contribution in [2.75, 3.05) is 5.73 Å². The van der Waals surface area contributed by atoms with E-state index in [0.717, 1.165) is 12.1 Å². The molecule has 0 amide bonds. The Balaban J connectivity index is 2.38. The molecule has 2 rings (SSSR count). The normalized spacial score (nSPS) is 10.5. The van der Waals surface area contributed by atoms with Gasteiger partial charge in [0.2, 0.25) is 0 Å². The van der Waals surface area contributed by atoms with Gasteiger partial charge in [0.1, 0.15) is 0 Å². The molecule has 0 radical (unpaired) electrons. The van der Waals surface area contributed by atoms with Gasteiger partial charge in [-0.1, -0.05) is 35.9 Å². The van der Waals surface area contributed by atoms with Gasteiger partial charge in [0, 0.05) is 5.69 Å². The van der Waals surface area contributed by atoms with Crippen molar-refractivity contribution >= 4 is 5.69 Å². The summed E-state index contributed by atoms with van der Waals surface area (Å²) in [4.78, 5) is 0. The first-order valence-electron chi connectivity index (χ1n) is 5.98. The van der Waals surface area contributed by atoms with Crippen molar-refractivity contribution in [1.82, 2.24) is 0 Å². The van der Waals surface area contributed by atoms with Gasteiger partial charge in [0.05, 0.1) is 0 Å². The number of hydrogen-bond acceptors (Lipinski definition) is 1. The van der Waals surface area contributed by atoms with E-state index in [2.05, 4.69) is 45.0 Å². The molecule has 0 heterocycles. The zero-order valence-electron chi connectivity index (χ0n) is 10.7. The highest BCUT2D eigenvalue weighted by Gasteiger charge is 2.05. The van der Waals surface area contributed by atoms with E-state index in [0.29, 0.717) is 0 Å². The van der Waals surface area contributed by atoms with E-state index >= 15 is 0 Å². The number of hydrogen-bond donors (Lipinski definition) is 1. The third-order valence-electron chi connectivity index (χ3n) is 3.37. The first kappa shape index (κ1) is 11.7. The van der Waals surface area contributed by atoms with Crippen LogP contribution in [0, 0.1) is 20.8 Å². The molecule has 0 bridgehead atoms. The summed E-state index contributed by atoms with van der Waals surface area (Å²) in [7, 11) is 0. The van der Waals surface area contributed by atoms with Crippen molar-refractivity contribution < 1.29 is 0 Å². The number of aryl methyl sites for hydroxylation is 2. The van der Waals surface area contributed by atoms with Crippen LogP contribution in [0.25, 0.3) is 0 Å². The van der Waals surface area contributed by atoms with Crippen LogP contribution in [0.2, 0.25) is 0 Å². The minimum Gasteiger partial charge on any atom is -0.399 e. The lowest BCUT2D eigenvalue weighted by molar-refractivity contribution is 1.12. The molecule has 2 N–H and O–H groups in total. The van der Waals surface area contributed by atoms with Gasteiger partial charge in [-0.05, 0) is 55.5 Å². The average molecular weight is 225 g/mol. The van der Waals surface area contributed by atoms with Gasteiger partial charge in [-0.3, -0.25) is 0 Å². The molecule has 0 aliphatic rings. The summed E-state index contributed by atoms with van der Waals surface area (Å²) in [6.07, 6.45) is 0.963. The van der Waals surface area contributed by atoms with Crippen molar-refractivity contribution in [3.63, 3.8) is 0 Å². The first-order chi connectivity index (χ1) is 8.08. The Kier molecular flexibility index (Phi) is 3.19. The predicted molar refractivity (Wildman–Crippen MR) is 74.3 cm³/mol. The minimum absolute atomic E-state index is 0.882. The van der Waals surface area contributed by atoms with Crippen LogP contribution < -0.4 is 5.73 Å². The molecule has 0 saturated carbocycles. The van der Waals surface area contributed by atoms with Gasteiger partial charge >= 0.3 is 0 Å². The van der Waals surface area contributed by atoms with Gasteiger partial charge in [-0.25, -0.2) is 0 Å². The molecule has 17 heavy (non-hydrogen) atoms. The molecule has 1 heteroatoms. The van der Waals surface area contributed by atoms with Crippen molar-refractivity contribution in [1.29, 1.82) is 0 Å². The highest BCUT2D eigenvalue weighted by Crippen LogP contribution is 2.21. The van der Waals surface area contributed by atoms with Gasteiger partial charge in [-0.2, -0.15) is 0 Å². The second-order valence-electron chi connectivity index (χ2n) is 4.74. The summed E-state index contributed by atoms with van der Waals surface area (Å²) in [5, 5.41) is 0. The van der Waals surface area contributed by atoms with Gasteiger partial charge in [-0.15, -0.1) is 0 Å². The second kappa shape index (κ2) is 4.62. The molecular formula is C16H19N. The average Bonchev–Trinajstić information content (AvgIpc) is 2.30. The standard InChI is InChI=1S/C16H19N/c1-11-7-8-12(2)15(9-11)10-14-5-4-6-16(17)13(14)3/h4-9H,10,17H2,1-3H3. The Morgan fingerprint density at radius 1 is 0.941 bits per heavy atom. The van der Waals surface area contributed by atoms with E-state index in [-0.39, 0.29) is 0 Å². The minimum atomic E-state index is 0.882. The molecule has 0 atom stereocenters. The van der Waals surface area contributed by atoms with E-state index in [4.69, 9.17) is 5.73 Å². The molecule has 0 unspecified atom stereocenters. The van der Waals surface area contributed by atoms with Crippen LogP contribution in [-0.4, -0.2) is 0 Å². The van der Waals surface area contributed by atoms with E-state index in [1.807, 2.05) is 12.1 Å². The Bertz CT molecular complexity index is 541. The monoisotopic (exact) mass is 225 g/mol. The van der Waals surface area contributed by atoms with Crippen LogP contribution in [0.1, 0.15) is 27.8 Å². The quantitative estimate of drug-likeness (QED) is 0.773. The first-order valence-corrected chi connectivity index (χ1v) is 5.98. The maximum atomic E-state index is 5.94. The molecule has 88 valence electrons. The van der Waals surface area contributed by atoms with E-state index in [1.54, 1.807) is 0 Å².